The van der Waals surface area contributed by atoms with Crippen LogP contribution in [0.3, 0.4) is 0 Å². The second-order valence-electron chi connectivity index (χ2n) is 2.15. The lowest BCUT2D eigenvalue weighted by molar-refractivity contribution is 0.827. The molecule has 0 aliphatic rings. The summed E-state index contributed by atoms with van der Waals surface area (Å²) in [6, 6.07) is 0.117. The van der Waals surface area contributed by atoms with E-state index in [0.717, 1.165) is 0 Å². The maximum absolute atomic E-state index is 6.77. The Morgan fingerprint density at radius 1 is 1.45 bits per heavy atom. The third-order valence-electron chi connectivity index (χ3n) is 0.660. The number of nitrogens with one attached hydrogen (secondary N) is 2. The van der Waals surface area contributed by atoms with Crippen molar-refractivity contribution in [2.45, 2.75) is 19.9 Å². The lowest BCUT2D eigenvalue weighted by atomic mass is 10.4. The van der Waals surface area contributed by atoms with Crippen molar-refractivity contribution in [1.29, 1.82) is 5.41 Å². The second kappa shape index (κ2) is 5.79. The smallest absolute Gasteiger partial charge is 0.195 e. The Labute approximate surface area is 72.2 Å². The third kappa shape index (κ3) is 9.03. The van der Waals surface area contributed by atoms with Crippen molar-refractivity contribution in [1.82, 2.24) is 5.32 Å². The molecule has 0 radical (unpaired) electrons. The Balaban J connectivity index is 0. The molecule has 0 aromatic heterocycles. The van der Waals surface area contributed by atoms with E-state index in [2.05, 4.69) is 10.3 Å². The molecule has 6 N–H and O–H groups in total. The van der Waals surface area contributed by atoms with Crippen LogP contribution in [0.25, 0.3) is 0 Å². The highest BCUT2D eigenvalue weighted by Gasteiger charge is 1.92. The van der Waals surface area contributed by atoms with Gasteiger partial charge in [0.15, 0.2) is 11.9 Å². The van der Waals surface area contributed by atoms with Gasteiger partial charge >= 0.3 is 0 Å². The van der Waals surface area contributed by atoms with Gasteiger partial charge in [-0.1, -0.05) is 0 Å². The standard InChI is InChI=1S/C5H13N5.ClH/c1-3(2)9-5(8)10-4(6)7;/h3H,1-2H3,(H6,6,7,8,9,10);1H. The van der Waals surface area contributed by atoms with Crippen molar-refractivity contribution in [2.75, 3.05) is 0 Å². The summed E-state index contributed by atoms with van der Waals surface area (Å²) >= 11 is 0. The summed E-state index contributed by atoms with van der Waals surface area (Å²) in [5.74, 6) is -0.00981. The molecule has 0 atom stereocenters. The molecule has 11 heavy (non-hydrogen) atoms. The molecule has 0 amide bonds. The largest absolute Gasteiger partial charge is 0.370 e. The van der Waals surface area contributed by atoms with Gasteiger partial charge in [0.05, 0.1) is 0 Å². The van der Waals surface area contributed by atoms with E-state index in [0.29, 0.717) is 0 Å². The Hall–Kier alpha value is -0.970. The van der Waals surface area contributed by atoms with Crippen LogP contribution in [0.5, 0.6) is 0 Å². The summed E-state index contributed by atoms with van der Waals surface area (Å²) in [5.41, 5.74) is 10.3. The van der Waals surface area contributed by atoms with Gasteiger partial charge in [-0.2, -0.15) is 0 Å². The van der Waals surface area contributed by atoms with Gasteiger partial charge in [0.25, 0.3) is 0 Å². The van der Waals surface area contributed by atoms with Gasteiger partial charge in [0.1, 0.15) is 0 Å². The van der Waals surface area contributed by atoms with Gasteiger partial charge in [-0.3, -0.25) is 15.7 Å². The van der Waals surface area contributed by atoms with Crippen molar-refractivity contribution < 1.29 is 0 Å². The molecule has 0 saturated carbocycles. The van der Waals surface area contributed by atoms with Crippen LogP contribution >= 0.6 is 12.4 Å². The van der Waals surface area contributed by atoms with Gasteiger partial charge < -0.3 is 11.5 Å². The first-order valence-electron chi connectivity index (χ1n) is 2.96. The molecule has 0 spiro atoms. The molecule has 0 rings (SSSR count). The molecule has 0 aliphatic carbocycles. The summed E-state index contributed by atoms with van der Waals surface area (Å²) in [5, 5.41) is 9.14. The zero-order valence-electron chi connectivity index (χ0n) is 6.59. The summed E-state index contributed by atoms with van der Waals surface area (Å²) in [6.07, 6.45) is 0. The molecular weight excluding hydrogens is 166 g/mol. The summed E-state index contributed by atoms with van der Waals surface area (Å²) in [4.78, 5) is 3.88. The zero-order valence-corrected chi connectivity index (χ0v) is 7.40. The van der Waals surface area contributed by atoms with E-state index >= 15 is 0 Å². The predicted octanol–water partition coefficient (Wildman–Crippen LogP) is -0.386. The Morgan fingerprint density at radius 3 is 2.18 bits per heavy atom. The molecule has 0 unspecified atom stereocenters. The van der Waals surface area contributed by atoms with Gasteiger partial charge in [0, 0.05) is 6.04 Å². The van der Waals surface area contributed by atoms with E-state index in [1.54, 1.807) is 0 Å². The van der Waals surface area contributed by atoms with Gasteiger partial charge in [0.2, 0.25) is 0 Å². The van der Waals surface area contributed by atoms with Crippen molar-refractivity contribution >= 4 is 24.3 Å². The van der Waals surface area contributed by atoms with Crippen molar-refractivity contribution in [2.24, 2.45) is 16.5 Å². The summed E-state index contributed by atoms with van der Waals surface area (Å²) < 4.78 is 0. The number of halogens is 1. The van der Waals surface area contributed by atoms with E-state index in [1.807, 2.05) is 13.8 Å². The number of hydrogen-bond acceptors (Lipinski definition) is 2. The first-order valence-corrected chi connectivity index (χ1v) is 2.96. The van der Waals surface area contributed by atoms with E-state index in [9.17, 15) is 0 Å². The maximum atomic E-state index is 6.77. The van der Waals surface area contributed by atoms with Gasteiger partial charge in [-0.15, -0.1) is 12.4 Å². The normalized spacial score (nSPS) is 10.6. The number of guanidine groups is 2. The highest BCUT2D eigenvalue weighted by Crippen LogP contribution is 1.82. The highest BCUT2D eigenvalue weighted by atomic mass is 35.5. The highest BCUT2D eigenvalue weighted by molar-refractivity contribution is 5.95. The Kier molecular flexibility index (Phi) is 6.67. The van der Waals surface area contributed by atoms with Gasteiger partial charge in [-0.05, 0) is 13.8 Å². The average molecular weight is 180 g/mol. The Bertz CT molecular complexity index is 153. The van der Waals surface area contributed by atoms with Gasteiger partial charge in [-0.25, -0.2) is 0 Å². The van der Waals surface area contributed by atoms with E-state index in [4.69, 9.17) is 16.9 Å². The average Bonchev–Trinajstić information content (AvgIpc) is 1.58. The lowest BCUT2D eigenvalue weighted by Gasteiger charge is -2.03. The molecule has 5 nitrogen and oxygen atoms in total. The maximum Gasteiger partial charge on any atom is 0.195 e. The van der Waals surface area contributed by atoms with Crippen molar-refractivity contribution in [3.63, 3.8) is 0 Å². The first kappa shape index (κ1) is 12.7. The number of rotatable bonds is 1. The van der Waals surface area contributed by atoms with Crippen LogP contribution < -0.4 is 16.8 Å². The minimum atomic E-state index is -0.193. The molecule has 0 aromatic rings. The summed E-state index contributed by atoms with van der Waals surface area (Å²) in [6.45, 7) is 3.77. The molecule has 0 fully saturated rings. The van der Waals surface area contributed by atoms with E-state index in [1.165, 1.54) is 0 Å². The fourth-order valence-electron chi connectivity index (χ4n) is 0.448. The van der Waals surface area contributed by atoms with Crippen LogP contribution in [-0.4, -0.2) is 18.0 Å². The van der Waals surface area contributed by atoms with Crippen LogP contribution in [0.4, 0.5) is 0 Å². The minimum absolute atomic E-state index is 0. The molecule has 6 heteroatoms. The van der Waals surface area contributed by atoms with Crippen LogP contribution in [0.2, 0.25) is 0 Å². The monoisotopic (exact) mass is 179 g/mol. The van der Waals surface area contributed by atoms with Crippen LogP contribution in [-0.2, 0) is 0 Å². The van der Waals surface area contributed by atoms with Crippen molar-refractivity contribution in [3.8, 4) is 0 Å². The SMILES string of the molecule is CC(C)N=C(N)NC(=N)N.Cl. The van der Waals surface area contributed by atoms with E-state index < -0.39 is 0 Å². The van der Waals surface area contributed by atoms with E-state index in [-0.39, 0.29) is 30.4 Å². The molecular formula is C5H14ClN5. The number of hydrogen-bond donors (Lipinski definition) is 4. The Morgan fingerprint density at radius 2 is 1.91 bits per heavy atom. The number of nitrogens with two attached hydrogens (primary N) is 2. The molecule has 0 aliphatic heterocycles. The van der Waals surface area contributed by atoms with Crippen LogP contribution in [0.15, 0.2) is 4.99 Å². The number of nitrogens with zero attached hydrogens (tertiary/aromatic N) is 1. The molecule has 0 saturated heterocycles. The fourth-order valence-corrected chi connectivity index (χ4v) is 0.448. The van der Waals surface area contributed by atoms with Crippen LogP contribution in [0.1, 0.15) is 13.8 Å². The quantitative estimate of drug-likeness (QED) is 0.326. The zero-order chi connectivity index (χ0) is 8.15. The summed E-state index contributed by atoms with van der Waals surface area (Å²) in [7, 11) is 0. The first-order chi connectivity index (χ1) is 4.52. The van der Waals surface area contributed by atoms with Crippen molar-refractivity contribution in [3.05, 3.63) is 0 Å². The molecule has 0 heterocycles. The fraction of sp³-hybridized carbons (Fsp3) is 0.600. The second-order valence-corrected chi connectivity index (χ2v) is 2.15. The molecule has 0 aromatic carbocycles. The predicted molar refractivity (Wildman–Crippen MR) is 49.1 cm³/mol. The lowest BCUT2D eigenvalue weighted by Crippen LogP contribution is -2.41. The number of aliphatic imine (C=N–C) groups is 1. The van der Waals surface area contributed by atoms with Crippen LogP contribution in [0, 0.1) is 5.41 Å². The topological polar surface area (TPSA) is 100 Å². The molecule has 0 bridgehead atoms. The third-order valence-corrected chi connectivity index (χ3v) is 0.660. The minimum Gasteiger partial charge on any atom is -0.370 e. The molecule has 66 valence electrons.